The Bertz CT molecular complexity index is 1200. The summed E-state index contributed by atoms with van der Waals surface area (Å²) in [4.78, 5) is 14.9. The van der Waals surface area contributed by atoms with Crippen molar-refractivity contribution in [3.05, 3.63) is 65.3 Å². The molecule has 2 heterocycles. The monoisotopic (exact) mass is 475 g/mol. The fourth-order valence-corrected chi connectivity index (χ4v) is 4.53. The number of ether oxygens (including phenoxy) is 1. The van der Waals surface area contributed by atoms with Crippen LogP contribution in [0.1, 0.15) is 23.2 Å². The van der Waals surface area contributed by atoms with E-state index in [1.54, 1.807) is 12.1 Å². The number of hydrogen-bond acceptors (Lipinski definition) is 4. The first kappa shape index (κ1) is 22.6. The third-order valence-electron chi connectivity index (χ3n) is 5.58. The van der Waals surface area contributed by atoms with Crippen LogP contribution in [0.3, 0.4) is 0 Å². The van der Waals surface area contributed by atoms with Crippen LogP contribution < -0.4 is 9.46 Å². The first-order valence-corrected chi connectivity index (χ1v) is 12.8. The summed E-state index contributed by atoms with van der Waals surface area (Å²) in [5.41, 5.74) is 1.62. The Labute approximate surface area is 193 Å². The average Bonchev–Trinajstić information content (AvgIpc) is 3.17. The molecule has 170 valence electrons. The number of nitrogens with one attached hydrogen (secondary N) is 1. The molecule has 0 saturated carbocycles. The summed E-state index contributed by atoms with van der Waals surface area (Å²) in [6.45, 7) is 2.13. The molecule has 1 aliphatic rings. The zero-order valence-electron chi connectivity index (χ0n) is 17.8. The highest BCUT2D eigenvalue weighted by molar-refractivity contribution is 7.88. The largest absolute Gasteiger partial charge is 0.490 e. The van der Waals surface area contributed by atoms with Gasteiger partial charge >= 0.3 is 0 Å². The molecule has 1 amide bonds. The lowest BCUT2D eigenvalue weighted by Crippen LogP contribution is -2.41. The van der Waals surface area contributed by atoms with Crippen molar-refractivity contribution in [2.24, 2.45) is 0 Å². The van der Waals surface area contributed by atoms with E-state index in [9.17, 15) is 13.2 Å². The zero-order chi connectivity index (χ0) is 22.7. The molecule has 0 spiro atoms. The number of benzene rings is 2. The summed E-state index contributed by atoms with van der Waals surface area (Å²) in [7, 11) is -3.21. The standard InChI is InChI=1S/C23H26ClN3O4S/c1-32(29,30)25-11-15-26-12-8-17-16-18(2-7-22(17)26)23(28)27-13-9-21(10-14-27)31-20-5-3-19(24)4-6-20/h2-8,12,16,21,25H,9-11,13-15H2,1H3. The van der Waals surface area contributed by atoms with Gasteiger partial charge in [-0.2, -0.15) is 0 Å². The van der Waals surface area contributed by atoms with Gasteiger partial charge in [0.1, 0.15) is 11.9 Å². The SMILES string of the molecule is CS(=O)(=O)NCCn1ccc2cc(C(=O)N3CCC(Oc4ccc(Cl)cc4)CC3)ccc21. The Balaban J connectivity index is 1.35. The van der Waals surface area contributed by atoms with Gasteiger partial charge in [0.15, 0.2) is 0 Å². The molecule has 9 heteroatoms. The van der Waals surface area contributed by atoms with Crippen molar-refractivity contribution in [1.82, 2.24) is 14.2 Å². The van der Waals surface area contributed by atoms with Crippen molar-refractivity contribution in [3.63, 3.8) is 0 Å². The van der Waals surface area contributed by atoms with Crippen molar-refractivity contribution >= 4 is 38.4 Å². The Morgan fingerprint density at radius 3 is 2.53 bits per heavy atom. The maximum Gasteiger partial charge on any atom is 0.253 e. The summed E-state index contributed by atoms with van der Waals surface area (Å²) in [5, 5.41) is 1.63. The van der Waals surface area contributed by atoms with E-state index >= 15 is 0 Å². The molecule has 0 aliphatic carbocycles. The zero-order valence-corrected chi connectivity index (χ0v) is 19.4. The number of hydrogen-bond donors (Lipinski definition) is 1. The summed E-state index contributed by atoms with van der Waals surface area (Å²) >= 11 is 5.92. The first-order chi connectivity index (χ1) is 15.3. The topological polar surface area (TPSA) is 80.6 Å². The van der Waals surface area contributed by atoms with Crippen molar-refractivity contribution in [1.29, 1.82) is 0 Å². The van der Waals surface area contributed by atoms with E-state index in [-0.39, 0.29) is 12.0 Å². The number of halogens is 1. The van der Waals surface area contributed by atoms with E-state index in [2.05, 4.69) is 4.72 Å². The molecule has 1 N–H and O–H groups in total. The maximum absolute atomic E-state index is 13.0. The van der Waals surface area contributed by atoms with Gasteiger partial charge in [-0.05, 0) is 48.5 Å². The number of nitrogens with zero attached hydrogens (tertiary/aromatic N) is 2. The predicted molar refractivity (Wildman–Crippen MR) is 126 cm³/mol. The van der Waals surface area contributed by atoms with Crippen LogP contribution in [0.15, 0.2) is 54.7 Å². The van der Waals surface area contributed by atoms with Crippen LogP contribution in [0, 0.1) is 0 Å². The van der Waals surface area contributed by atoms with Crippen LogP contribution in [0.2, 0.25) is 5.02 Å². The van der Waals surface area contributed by atoms with E-state index in [0.29, 0.717) is 36.8 Å². The highest BCUT2D eigenvalue weighted by Crippen LogP contribution is 2.23. The molecule has 0 bridgehead atoms. The minimum Gasteiger partial charge on any atom is -0.490 e. The number of likely N-dealkylation sites (tertiary alicyclic amines) is 1. The molecule has 1 saturated heterocycles. The molecular weight excluding hydrogens is 450 g/mol. The Hall–Kier alpha value is -2.55. The minimum absolute atomic E-state index is 0.0170. The highest BCUT2D eigenvalue weighted by atomic mass is 35.5. The molecule has 2 aromatic carbocycles. The van der Waals surface area contributed by atoms with Gasteiger partial charge in [-0.15, -0.1) is 0 Å². The van der Waals surface area contributed by atoms with Gasteiger partial charge in [-0.1, -0.05) is 11.6 Å². The second-order valence-corrected chi connectivity index (χ2v) is 10.3. The minimum atomic E-state index is -3.21. The van der Waals surface area contributed by atoms with E-state index < -0.39 is 10.0 Å². The predicted octanol–water partition coefficient (Wildman–Crippen LogP) is 3.53. The molecule has 1 aromatic heterocycles. The fourth-order valence-electron chi connectivity index (χ4n) is 3.94. The van der Waals surface area contributed by atoms with Gasteiger partial charge in [0.25, 0.3) is 5.91 Å². The van der Waals surface area contributed by atoms with Crippen LogP contribution in [-0.2, 0) is 16.6 Å². The highest BCUT2D eigenvalue weighted by Gasteiger charge is 2.25. The molecule has 1 aliphatic heterocycles. The van der Waals surface area contributed by atoms with Gasteiger partial charge in [-0.3, -0.25) is 4.79 Å². The van der Waals surface area contributed by atoms with Gasteiger partial charge in [0.05, 0.1) is 6.26 Å². The lowest BCUT2D eigenvalue weighted by Gasteiger charge is -2.32. The maximum atomic E-state index is 13.0. The summed E-state index contributed by atoms with van der Waals surface area (Å²) in [5.74, 6) is 0.809. The number of aromatic nitrogens is 1. The number of sulfonamides is 1. The molecule has 1 fully saturated rings. The fraction of sp³-hybridized carbons (Fsp3) is 0.348. The molecule has 4 rings (SSSR count). The van der Waals surface area contributed by atoms with Crippen LogP contribution in [-0.4, -0.2) is 55.8 Å². The van der Waals surface area contributed by atoms with Crippen LogP contribution in [0.25, 0.3) is 10.9 Å². The molecular formula is C23H26ClN3O4S. The lowest BCUT2D eigenvalue weighted by molar-refractivity contribution is 0.0595. The second kappa shape index (κ2) is 9.52. The van der Waals surface area contributed by atoms with E-state index in [1.807, 2.05) is 52.1 Å². The van der Waals surface area contributed by atoms with Crippen molar-refractivity contribution in [2.45, 2.75) is 25.5 Å². The number of rotatable bonds is 7. The van der Waals surface area contributed by atoms with Crippen LogP contribution in [0.5, 0.6) is 5.75 Å². The molecule has 0 unspecified atom stereocenters. The Morgan fingerprint density at radius 1 is 1.12 bits per heavy atom. The van der Waals surface area contributed by atoms with Gasteiger partial charge < -0.3 is 14.2 Å². The van der Waals surface area contributed by atoms with Gasteiger partial charge in [-0.25, -0.2) is 13.1 Å². The van der Waals surface area contributed by atoms with Gasteiger partial charge in [0.2, 0.25) is 10.0 Å². The molecule has 3 aromatic rings. The van der Waals surface area contributed by atoms with Crippen molar-refractivity contribution in [2.75, 3.05) is 25.9 Å². The van der Waals surface area contributed by atoms with E-state index in [4.69, 9.17) is 16.3 Å². The Morgan fingerprint density at radius 2 is 1.84 bits per heavy atom. The number of carbonyl (C=O) groups excluding carboxylic acids is 1. The molecule has 32 heavy (non-hydrogen) atoms. The molecule has 7 nitrogen and oxygen atoms in total. The lowest BCUT2D eigenvalue weighted by atomic mass is 10.1. The smallest absolute Gasteiger partial charge is 0.253 e. The number of carbonyl (C=O) groups is 1. The average molecular weight is 476 g/mol. The van der Waals surface area contributed by atoms with Crippen molar-refractivity contribution < 1.29 is 17.9 Å². The summed E-state index contributed by atoms with van der Waals surface area (Å²) in [6, 6.07) is 14.9. The summed E-state index contributed by atoms with van der Waals surface area (Å²) < 4.78 is 33.0. The first-order valence-electron chi connectivity index (χ1n) is 10.5. The number of amides is 1. The van der Waals surface area contributed by atoms with Crippen molar-refractivity contribution in [3.8, 4) is 5.75 Å². The van der Waals surface area contributed by atoms with Crippen LogP contribution >= 0.6 is 11.6 Å². The van der Waals surface area contributed by atoms with Gasteiger partial charge in [0, 0.05) is 66.7 Å². The Kier molecular flexibility index (Phi) is 6.74. The summed E-state index contributed by atoms with van der Waals surface area (Å²) in [6.07, 6.45) is 4.69. The number of fused-ring (bicyclic) bond motifs is 1. The van der Waals surface area contributed by atoms with E-state index in [0.717, 1.165) is 35.7 Å². The van der Waals surface area contributed by atoms with Crippen LogP contribution in [0.4, 0.5) is 0 Å². The normalized spacial score (nSPS) is 15.2. The molecule has 0 atom stereocenters. The van der Waals surface area contributed by atoms with E-state index in [1.165, 1.54) is 0 Å². The number of piperidine rings is 1. The quantitative estimate of drug-likeness (QED) is 0.567. The molecule has 0 radical (unpaired) electrons. The third kappa shape index (κ3) is 5.62. The second-order valence-electron chi connectivity index (χ2n) is 8.01. The third-order valence-corrected chi connectivity index (χ3v) is 6.56.